The van der Waals surface area contributed by atoms with E-state index < -0.39 is 0 Å². The molecular weight excluding hydrogens is 483 g/mol. The van der Waals surface area contributed by atoms with Gasteiger partial charge in [-0.15, -0.1) is 24.0 Å². The van der Waals surface area contributed by atoms with Crippen molar-refractivity contribution in [2.75, 3.05) is 13.1 Å². The van der Waals surface area contributed by atoms with Crippen molar-refractivity contribution in [1.82, 2.24) is 15.6 Å². The van der Waals surface area contributed by atoms with Crippen LogP contribution in [0.3, 0.4) is 0 Å². The SMILES string of the molecule is CCNC(=NCc1ncc(-c2ccc(C)cc2)o1)NCC(C)c1ccsc1.I. The predicted molar refractivity (Wildman–Crippen MR) is 128 cm³/mol. The minimum Gasteiger partial charge on any atom is -0.439 e. The summed E-state index contributed by atoms with van der Waals surface area (Å²) in [5.41, 5.74) is 3.60. The average molecular weight is 510 g/mol. The molecule has 2 aromatic heterocycles. The molecular formula is C21H27IN4OS. The highest BCUT2D eigenvalue weighted by molar-refractivity contribution is 14.0. The van der Waals surface area contributed by atoms with Gasteiger partial charge < -0.3 is 15.1 Å². The zero-order valence-electron chi connectivity index (χ0n) is 16.4. The van der Waals surface area contributed by atoms with Gasteiger partial charge in [0.1, 0.15) is 6.54 Å². The fraction of sp³-hybridized carbons (Fsp3) is 0.333. The van der Waals surface area contributed by atoms with Gasteiger partial charge >= 0.3 is 0 Å². The van der Waals surface area contributed by atoms with Gasteiger partial charge in [-0.05, 0) is 42.2 Å². The molecule has 0 radical (unpaired) electrons. The molecule has 2 heterocycles. The molecule has 0 spiro atoms. The maximum Gasteiger partial charge on any atom is 0.216 e. The fourth-order valence-corrected chi connectivity index (χ4v) is 3.43. The lowest BCUT2D eigenvalue weighted by Crippen LogP contribution is -2.39. The van der Waals surface area contributed by atoms with Gasteiger partial charge in [0.15, 0.2) is 11.7 Å². The van der Waals surface area contributed by atoms with Crippen molar-refractivity contribution in [2.24, 2.45) is 4.99 Å². The summed E-state index contributed by atoms with van der Waals surface area (Å²) in [6, 6.07) is 10.4. The Balaban J connectivity index is 0.00000280. The van der Waals surface area contributed by atoms with E-state index in [0.29, 0.717) is 18.4 Å². The van der Waals surface area contributed by atoms with Crippen LogP contribution in [0.4, 0.5) is 0 Å². The van der Waals surface area contributed by atoms with Gasteiger partial charge in [0.05, 0.1) is 6.20 Å². The summed E-state index contributed by atoms with van der Waals surface area (Å²) >= 11 is 1.73. The minimum atomic E-state index is 0. The molecule has 5 nitrogen and oxygen atoms in total. The molecule has 0 bridgehead atoms. The van der Waals surface area contributed by atoms with Gasteiger partial charge in [0.2, 0.25) is 5.89 Å². The first-order chi connectivity index (χ1) is 13.2. The second-order valence-electron chi connectivity index (χ2n) is 6.52. The first-order valence-electron chi connectivity index (χ1n) is 9.21. The maximum atomic E-state index is 5.85. The molecule has 0 aliphatic heterocycles. The quantitative estimate of drug-likeness (QED) is 0.261. The molecule has 1 aromatic carbocycles. The molecule has 7 heteroatoms. The normalized spacial score (nSPS) is 12.3. The molecule has 0 saturated heterocycles. The molecule has 3 aromatic rings. The van der Waals surface area contributed by atoms with Crippen LogP contribution in [0.1, 0.15) is 36.8 Å². The third kappa shape index (κ3) is 6.34. The highest BCUT2D eigenvalue weighted by atomic mass is 127. The number of aryl methyl sites for hydroxylation is 1. The number of halogens is 1. The Hall–Kier alpha value is -1.87. The zero-order chi connectivity index (χ0) is 19.1. The Morgan fingerprint density at radius 1 is 1.21 bits per heavy atom. The van der Waals surface area contributed by atoms with Crippen LogP contribution in [-0.2, 0) is 6.54 Å². The van der Waals surface area contributed by atoms with Crippen LogP contribution < -0.4 is 10.6 Å². The van der Waals surface area contributed by atoms with Crippen molar-refractivity contribution in [2.45, 2.75) is 33.2 Å². The van der Waals surface area contributed by atoms with Crippen LogP contribution in [0.5, 0.6) is 0 Å². The van der Waals surface area contributed by atoms with Crippen molar-refractivity contribution in [3.8, 4) is 11.3 Å². The van der Waals surface area contributed by atoms with E-state index in [1.165, 1.54) is 11.1 Å². The van der Waals surface area contributed by atoms with Crippen molar-refractivity contribution in [1.29, 1.82) is 0 Å². The monoisotopic (exact) mass is 510 g/mol. The predicted octanol–water partition coefficient (Wildman–Crippen LogP) is 5.19. The Morgan fingerprint density at radius 3 is 2.68 bits per heavy atom. The number of aromatic nitrogens is 1. The minimum absolute atomic E-state index is 0. The number of aliphatic imine (C=N–C) groups is 1. The van der Waals surface area contributed by atoms with E-state index in [2.05, 4.69) is 70.3 Å². The van der Waals surface area contributed by atoms with E-state index >= 15 is 0 Å². The van der Waals surface area contributed by atoms with Crippen LogP contribution in [0.15, 0.2) is 56.7 Å². The lowest BCUT2D eigenvalue weighted by atomic mass is 10.1. The largest absolute Gasteiger partial charge is 0.439 e. The Labute approximate surface area is 187 Å². The summed E-state index contributed by atoms with van der Waals surface area (Å²) in [5, 5.41) is 11.0. The van der Waals surface area contributed by atoms with E-state index in [1.54, 1.807) is 17.5 Å². The number of thiophene rings is 1. The number of hydrogen-bond donors (Lipinski definition) is 2. The Kier molecular flexibility index (Phi) is 8.98. The number of rotatable bonds is 7. The summed E-state index contributed by atoms with van der Waals surface area (Å²) in [7, 11) is 0. The number of nitrogens with one attached hydrogen (secondary N) is 2. The molecule has 0 aliphatic carbocycles. The van der Waals surface area contributed by atoms with Gasteiger partial charge in [-0.3, -0.25) is 0 Å². The molecule has 2 N–H and O–H groups in total. The Morgan fingerprint density at radius 2 is 2.00 bits per heavy atom. The zero-order valence-corrected chi connectivity index (χ0v) is 19.6. The second-order valence-corrected chi connectivity index (χ2v) is 7.30. The van der Waals surface area contributed by atoms with Crippen LogP contribution in [0.2, 0.25) is 0 Å². The van der Waals surface area contributed by atoms with Crippen LogP contribution in [0.25, 0.3) is 11.3 Å². The molecule has 0 fully saturated rings. The highest BCUT2D eigenvalue weighted by Crippen LogP contribution is 2.21. The van der Waals surface area contributed by atoms with E-state index in [0.717, 1.165) is 30.4 Å². The first-order valence-corrected chi connectivity index (χ1v) is 10.2. The molecule has 150 valence electrons. The van der Waals surface area contributed by atoms with Gasteiger partial charge in [-0.25, -0.2) is 9.98 Å². The summed E-state index contributed by atoms with van der Waals surface area (Å²) in [6.07, 6.45) is 1.76. The van der Waals surface area contributed by atoms with Crippen LogP contribution >= 0.6 is 35.3 Å². The lowest BCUT2D eigenvalue weighted by molar-refractivity contribution is 0.509. The number of nitrogens with zero attached hydrogens (tertiary/aromatic N) is 2. The fourth-order valence-electron chi connectivity index (χ4n) is 2.65. The standard InChI is InChI=1S/C21H26N4OS.HI/c1-4-22-21(24-11-16(3)18-9-10-27-14-18)25-13-20-23-12-19(26-20)17-7-5-15(2)6-8-17;/h5-10,12,14,16H,4,11,13H2,1-3H3,(H2,22,24,25);1H. The average Bonchev–Trinajstić information content (AvgIpc) is 3.36. The smallest absolute Gasteiger partial charge is 0.216 e. The molecule has 1 unspecified atom stereocenters. The van der Waals surface area contributed by atoms with Crippen molar-refractivity contribution in [3.05, 3.63) is 64.3 Å². The summed E-state index contributed by atoms with van der Waals surface area (Å²) in [4.78, 5) is 8.95. The summed E-state index contributed by atoms with van der Waals surface area (Å²) in [6.45, 7) is 8.36. The summed E-state index contributed by atoms with van der Waals surface area (Å²) < 4.78 is 5.85. The van der Waals surface area contributed by atoms with E-state index in [9.17, 15) is 0 Å². The topological polar surface area (TPSA) is 62.5 Å². The van der Waals surface area contributed by atoms with Gasteiger partial charge in [0.25, 0.3) is 0 Å². The van der Waals surface area contributed by atoms with Crippen LogP contribution in [0, 0.1) is 6.92 Å². The second kappa shape index (κ2) is 11.2. The van der Waals surface area contributed by atoms with Gasteiger partial charge in [0, 0.05) is 18.7 Å². The van der Waals surface area contributed by atoms with E-state index in [1.807, 2.05) is 12.1 Å². The van der Waals surface area contributed by atoms with Crippen molar-refractivity contribution in [3.63, 3.8) is 0 Å². The van der Waals surface area contributed by atoms with Gasteiger partial charge in [-0.2, -0.15) is 11.3 Å². The first kappa shape index (κ1) is 22.4. The van der Waals surface area contributed by atoms with Gasteiger partial charge in [-0.1, -0.05) is 36.8 Å². The maximum absolute atomic E-state index is 5.85. The van der Waals surface area contributed by atoms with E-state index in [-0.39, 0.29) is 24.0 Å². The number of oxazole rings is 1. The molecule has 3 rings (SSSR count). The number of hydrogen-bond acceptors (Lipinski definition) is 4. The molecule has 28 heavy (non-hydrogen) atoms. The van der Waals surface area contributed by atoms with E-state index in [4.69, 9.17) is 4.42 Å². The molecule has 1 atom stereocenters. The third-order valence-corrected chi connectivity index (χ3v) is 5.00. The third-order valence-electron chi connectivity index (χ3n) is 4.29. The highest BCUT2D eigenvalue weighted by Gasteiger charge is 2.09. The molecule has 0 amide bonds. The summed E-state index contributed by atoms with van der Waals surface area (Å²) in [5.74, 6) is 2.57. The van der Waals surface area contributed by atoms with Crippen molar-refractivity contribution >= 4 is 41.3 Å². The molecule has 0 saturated carbocycles. The molecule has 0 aliphatic rings. The van der Waals surface area contributed by atoms with Crippen LogP contribution in [-0.4, -0.2) is 24.0 Å². The Bertz CT molecular complexity index is 859. The van der Waals surface area contributed by atoms with Crippen molar-refractivity contribution < 1.29 is 4.42 Å². The number of benzene rings is 1. The number of guanidine groups is 1. The lowest BCUT2D eigenvalue weighted by Gasteiger charge is -2.15.